The van der Waals surface area contributed by atoms with Crippen LogP contribution in [-0.2, 0) is 9.59 Å². The first-order valence-electron chi connectivity index (χ1n) is 4.35. The first kappa shape index (κ1) is 18.8. The maximum Gasteiger partial charge on any atom is 1.00 e. The number of aliphatic carboxylic acids is 2. The molecule has 0 bridgehead atoms. The molecule has 0 N–H and O–H groups in total. The molecule has 0 fully saturated rings. The Morgan fingerprint density at radius 3 is 1.44 bits per heavy atom. The van der Waals surface area contributed by atoms with Crippen molar-refractivity contribution in [1.29, 1.82) is 0 Å². The molecule has 1 rings (SSSR count). The molecule has 0 radical (unpaired) electrons. The summed E-state index contributed by atoms with van der Waals surface area (Å²) in [6, 6.07) is 0. The molecule has 0 unspecified atom stereocenters. The van der Waals surface area contributed by atoms with Crippen molar-refractivity contribution < 1.29 is 78.9 Å². The Morgan fingerprint density at radius 1 is 0.938 bits per heavy atom. The van der Waals surface area contributed by atoms with Crippen molar-refractivity contribution in [2.24, 2.45) is 0 Å². The molecule has 0 aromatic rings. The van der Waals surface area contributed by atoms with E-state index in [0.29, 0.717) is 12.8 Å². The van der Waals surface area contributed by atoms with Crippen molar-refractivity contribution in [2.45, 2.75) is 25.7 Å². The van der Waals surface area contributed by atoms with Crippen LogP contribution in [0.25, 0.3) is 0 Å². The minimum Gasteiger partial charge on any atom is -0.550 e. The summed E-state index contributed by atoms with van der Waals surface area (Å²) < 4.78 is 0. The van der Waals surface area contributed by atoms with Gasteiger partial charge in [-0.15, -0.1) is 0 Å². The largest absolute Gasteiger partial charge is 1.00 e. The monoisotopic (exact) mass is 240 g/mol. The zero-order valence-electron chi connectivity index (χ0n) is 9.62. The average Bonchev–Trinajstić information content (AvgIpc) is 2.06. The molecule has 16 heavy (non-hydrogen) atoms. The first-order chi connectivity index (χ1) is 6.58. The van der Waals surface area contributed by atoms with Gasteiger partial charge in [-0.1, -0.05) is 23.3 Å². The SMILES string of the molecule is O=C([O-])CC1=CC=C(CC(=O)[O-])CC1.[Na+].[Na+]. The van der Waals surface area contributed by atoms with Gasteiger partial charge in [0.05, 0.1) is 0 Å². The molecule has 0 saturated carbocycles. The molecule has 0 atom stereocenters. The third-order valence-electron chi connectivity index (χ3n) is 2.06. The second kappa shape index (κ2) is 9.45. The molecule has 1 aliphatic carbocycles. The second-order valence-electron chi connectivity index (χ2n) is 3.25. The van der Waals surface area contributed by atoms with E-state index in [4.69, 9.17) is 0 Å². The summed E-state index contributed by atoms with van der Waals surface area (Å²) in [5.74, 6) is -2.21. The van der Waals surface area contributed by atoms with E-state index >= 15 is 0 Å². The van der Waals surface area contributed by atoms with Gasteiger partial charge in [-0.05, 0) is 12.8 Å². The summed E-state index contributed by atoms with van der Waals surface area (Å²) in [5, 5.41) is 20.5. The van der Waals surface area contributed by atoms with Crippen molar-refractivity contribution in [2.75, 3.05) is 0 Å². The van der Waals surface area contributed by atoms with Crippen molar-refractivity contribution in [1.82, 2.24) is 0 Å². The second-order valence-corrected chi connectivity index (χ2v) is 3.25. The van der Waals surface area contributed by atoms with Gasteiger partial charge in [0.1, 0.15) is 0 Å². The van der Waals surface area contributed by atoms with Crippen LogP contribution in [0.5, 0.6) is 0 Å². The molecule has 0 amide bonds. The summed E-state index contributed by atoms with van der Waals surface area (Å²) in [6.45, 7) is 0. The minimum absolute atomic E-state index is 0. The van der Waals surface area contributed by atoms with E-state index in [1.54, 1.807) is 12.2 Å². The molecule has 0 heterocycles. The van der Waals surface area contributed by atoms with E-state index in [1.807, 2.05) is 0 Å². The Bertz CT molecular complexity index is 289. The molecule has 6 heteroatoms. The van der Waals surface area contributed by atoms with E-state index in [1.165, 1.54) is 0 Å². The molecule has 1 aliphatic rings. The van der Waals surface area contributed by atoms with E-state index in [-0.39, 0.29) is 72.0 Å². The number of carboxylic acids is 2. The normalized spacial score (nSPS) is 13.8. The minimum atomic E-state index is -1.10. The Morgan fingerprint density at radius 2 is 1.25 bits per heavy atom. The molecular formula is C10H10Na2O4. The van der Waals surface area contributed by atoms with Crippen LogP contribution in [0.2, 0.25) is 0 Å². The fraction of sp³-hybridized carbons (Fsp3) is 0.400. The zero-order valence-corrected chi connectivity index (χ0v) is 13.6. The Balaban J connectivity index is 0. The van der Waals surface area contributed by atoms with Gasteiger partial charge in [0.2, 0.25) is 0 Å². The van der Waals surface area contributed by atoms with Crippen LogP contribution in [0.3, 0.4) is 0 Å². The first-order valence-corrected chi connectivity index (χ1v) is 4.35. The fourth-order valence-electron chi connectivity index (χ4n) is 1.39. The van der Waals surface area contributed by atoms with Crippen molar-refractivity contribution in [3.8, 4) is 0 Å². The topological polar surface area (TPSA) is 80.3 Å². The predicted molar refractivity (Wildman–Crippen MR) is 44.6 cm³/mol. The van der Waals surface area contributed by atoms with Gasteiger partial charge < -0.3 is 19.8 Å². The van der Waals surface area contributed by atoms with Crippen LogP contribution >= 0.6 is 0 Å². The fourth-order valence-corrected chi connectivity index (χ4v) is 1.39. The number of rotatable bonds is 4. The number of carboxylic acid groups (broad SMARTS) is 2. The summed E-state index contributed by atoms with van der Waals surface area (Å²) in [4.78, 5) is 20.5. The summed E-state index contributed by atoms with van der Waals surface area (Å²) in [7, 11) is 0. The maximum absolute atomic E-state index is 10.3. The van der Waals surface area contributed by atoms with E-state index < -0.39 is 11.9 Å². The van der Waals surface area contributed by atoms with Crippen LogP contribution in [0.4, 0.5) is 0 Å². The predicted octanol–water partition coefficient (Wildman–Crippen LogP) is -7.08. The number of carbonyl (C=O) groups is 2. The van der Waals surface area contributed by atoms with E-state index in [0.717, 1.165) is 11.1 Å². The summed E-state index contributed by atoms with van der Waals surface area (Å²) in [5.41, 5.74) is 1.54. The number of allylic oxidation sites excluding steroid dienone is 2. The van der Waals surface area contributed by atoms with E-state index in [9.17, 15) is 19.8 Å². The van der Waals surface area contributed by atoms with Crippen LogP contribution in [0.1, 0.15) is 25.7 Å². The number of hydrogen-bond donors (Lipinski definition) is 0. The van der Waals surface area contributed by atoms with Crippen LogP contribution in [0.15, 0.2) is 23.3 Å². The van der Waals surface area contributed by atoms with Gasteiger partial charge in [-0.25, -0.2) is 0 Å². The quantitative estimate of drug-likeness (QED) is 0.457. The van der Waals surface area contributed by atoms with Gasteiger partial charge >= 0.3 is 59.1 Å². The Hall–Kier alpha value is 0.420. The van der Waals surface area contributed by atoms with E-state index in [2.05, 4.69) is 0 Å². The van der Waals surface area contributed by atoms with Crippen LogP contribution in [-0.4, -0.2) is 11.9 Å². The van der Waals surface area contributed by atoms with Gasteiger partial charge in [-0.2, -0.15) is 0 Å². The van der Waals surface area contributed by atoms with Gasteiger partial charge in [0, 0.05) is 24.8 Å². The third kappa shape index (κ3) is 7.65. The Labute approximate surface area is 138 Å². The van der Waals surface area contributed by atoms with Crippen LogP contribution < -0.4 is 69.3 Å². The molecule has 0 saturated heterocycles. The average molecular weight is 240 g/mol. The molecule has 0 spiro atoms. The van der Waals surface area contributed by atoms with Crippen molar-refractivity contribution >= 4 is 11.9 Å². The molecule has 0 aliphatic heterocycles. The van der Waals surface area contributed by atoms with Gasteiger partial charge in [0.25, 0.3) is 0 Å². The molecular weight excluding hydrogens is 230 g/mol. The smallest absolute Gasteiger partial charge is 0.550 e. The summed E-state index contributed by atoms with van der Waals surface area (Å²) >= 11 is 0. The number of carbonyl (C=O) groups excluding carboxylic acids is 2. The molecule has 0 aromatic heterocycles. The Kier molecular flexibility index (Phi) is 11.1. The molecule has 76 valence electrons. The van der Waals surface area contributed by atoms with Gasteiger partial charge in [-0.3, -0.25) is 0 Å². The zero-order chi connectivity index (χ0) is 10.6. The number of hydrogen-bond acceptors (Lipinski definition) is 4. The van der Waals surface area contributed by atoms with Crippen molar-refractivity contribution in [3.05, 3.63) is 23.3 Å². The maximum atomic E-state index is 10.3. The third-order valence-corrected chi connectivity index (χ3v) is 2.06. The molecule has 4 nitrogen and oxygen atoms in total. The van der Waals surface area contributed by atoms with Crippen molar-refractivity contribution in [3.63, 3.8) is 0 Å². The van der Waals surface area contributed by atoms with Gasteiger partial charge in [0.15, 0.2) is 0 Å². The van der Waals surface area contributed by atoms with Crippen LogP contribution in [0, 0.1) is 0 Å². The summed E-state index contributed by atoms with van der Waals surface area (Å²) in [6.07, 6.45) is 4.33. The molecule has 0 aromatic carbocycles. The standard InChI is InChI=1S/C10H12O4.2Na/c11-9(12)5-7-1-2-8(4-3-7)6-10(13)14;;/h1-2H,3-6H2,(H,11,12)(H,13,14);;/q;2*+1/p-2.